The molecule has 1 atom stereocenters. The Labute approximate surface area is 196 Å². The van der Waals surface area contributed by atoms with Crippen LogP contribution in [0.1, 0.15) is 29.8 Å². The van der Waals surface area contributed by atoms with Gasteiger partial charge in [-0.25, -0.2) is 14.0 Å². The highest BCUT2D eigenvalue weighted by molar-refractivity contribution is 6.01. The number of carbonyl (C=O) groups excluding carboxylic acids is 2. The van der Waals surface area contributed by atoms with Crippen LogP contribution in [0, 0.1) is 11.7 Å². The van der Waals surface area contributed by atoms with Crippen LogP contribution < -0.4 is 10.6 Å². The van der Waals surface area contributed by atoms with Gasteiger partial charge in [0, 0.05) is 23.5 Å². The molecule has 0 bridgehead atoms. The average Bonchev–Trinajstić information content (AvgIpc) is 3.10. The molecule has 3 amide bonds. The minimum atomic E-state index is -1.01. The number of hydrogen-bond donors (Lipinski definition) is 3. The number of amides is 3. The lowest BCUT2D eigenvalue weighted by Gasteiger charge is -2.27. The SMILES string of the molecule is CC(C)[C@@H](C(=O)O)N1Cc2cc(-c3ccc(NC(=O)Nc4ccc(F)cc4)cc3)ccc2C1=O. The number of fused-ring (bicyclic) bond motifs is 1. The Bertz CT molecular complexity index is 1240. The molecular weight excluding hydrogens is 437 g/mol. The lowest BCUT2D eigenvalue weighted by molar-refractivity contribution is -0.144. The van der Waals surface area contributed by atoms with Crippen molar-refractivity contribution in [2.24, 2.45) is 5.92 Å². The van der Waals surface area contributed by atoms with Crippen molar-refractivity contribution >= 4 is 29.3 Å². The maximum atomic E-state index is 13.0. The van der Waals surface area contributed by atoms with Crippen LogP contribution in [0.4, 0.5) is 20.6 Å². The highest BCUT2D eigenvalue weighted by atomic mass is 19.1. The van der Waals surface area contributed by atoms with Crippen LogP contribution >= 0.6 is 0 Å². The van der Waals surface area contributed by atoms with Crippen molar-refractivity contribution in [3.05, 3.63) is 83.7 Å². The Hall–Kier alpha value is -4.20. The van der Waals surface area contributed by atoms with Gasteiger partial charge in [0.05, 0.1) is 0 Å². The first-order valence-corrected chi connectivity index (χ1v) is 10.8. The first-order valence-electron chi connectivity index (χ1n) is 10.8. The van der Waals surface area contributed by atoms with E-state index in [2.05, 4.69) is 10.6 Å². The third kappa shape index (κ3) is 4.76. The molecule has 3 aromatic carbocycles. The number of benzene rings is 3. The Kier molecular flexibility index (Phi) is 6.32. The molecule has 0 saturated heterocycles. The predicted molar refractivity (Wildman–Crippen MR) is 127 cm³/mol. The molecule has 0 aromatic heterocycles. The number of carboxylic acid groups (broad SMARTS) is 1. The van der Waals surface area contributed by atoms with Crippen LogP contribution in [0.5, 0.6) is 0 Å². The third-order valence-electron chi connectivity index (χ3n) is 5.74. The first kappa shape index (κ1) is 23.0. The molecule has 0 radical (unpaired) electrons. The number of nitrogens with one attached hydrogen (secondary N) is 2. The van der Waals surface area contributed by atoms with Crippen molar-refractivity contribution in [1.29, 1.82) is 0 Å². The quantitative estimate of drug-likeness (QED) is 0.470. The largest absolute Gasteiger partial charge is 0.480 e. The lowest BCUT2D eigenvalue weighted by Crippen LogP contribution is -2.44. The molecule has 3 N–H and O–H groups in total. The number of carboxylic acids is 1. The molecule has 0 aliphatic carbocycles. The molecule has 0 spiro atoms. The maximum Gasteiger partial charge on any atom is 0.326 e. The van der Waals surface area contributed by atoms with E-state index in [0.29, 0.717) is 16.9 Å². The summed E-state index contributed by atoms with van der Waals surface area (Å²) in [5.74, 6) is -1.88. The third-order valence-corrected chi connectivity index (χ3v) is 5.74. The number of nitrogens with zero attached hydrogens (tertiary/aromatic N) is 1. The zero-order valence-electron chi connectivity index (χ0n) is 18.7. The summed E-state index contributed by atoms with van der Waals surface area (Å²) in [7, 11) is 0. The summed E-state index contributed by atoms with van der Waals surface area (Å²) in [4.78, 5) is 38.1. The van der Waals surface area contributed by atoms with E-state index in [9.17, 15) is 23.9 Å². The van der Waals surface area contributed by atoms with Crippen molar-refractivity contribution in [1.82, 2.24) is 4.90 Å². The number of carbonyl (C=O) groups is 3. The van der Waals surface area contributed by atoms with Gasteiger partial charge in [0.15, 0.2) is 0 Å². The average molecular weight is 461 g/mol. The first-order chi connectivity index (χ1) is 16.2. The van der Waals surface area contributed by atoms with E-state index in [1.54, 1.807) is 32.0 Å². The molecule has 1 aliphatic rings. The van der Waals surface area contributed by atoms with Gasteiger partial charge in [-0.3, -0.25) is 4.79 Å². The molecular formula is C26H24FN3O4. The second kappa shape index (κ2) is 9.35. The minimum absolute atomic E-state index is 0.212. The van der Waals surface area contributed by atoms with Crippen molar-refractivity contribution in [3.63, 3.8) is 0 Å². The second-order valence-electron chi connectivity index (χ2n) is 8.50. The van der Waals surface area contributed by atoms with Gasteiger partial charge in [-0.15, -0.1) is 0 Å². The molecule has 34 heavy (non-hydrogen) atoms. The molecule has 0 fully saturated rings. The van der Waals surface area contributed by atoms with E-state index >= 15 is 0 Å². The summed E-state index contributed by atoms with van der Waals surface area (Å²) in [6, 6.07) is 16.8. The van der Waals surface area contributed by atoms with Gasteiger partial charge in [-0.05, 0) is 71.1 Å². The van der Waals surface area contributed by atoms with Crippen molar-refractivity contribution < 1.29 is 23.9 Å². The van der Waals surface area contributed by atoms with E-state index < -0.39 is 18.0 Å². The van der Waals surface area contributed by atoms with Crippen molar-refractivity contribution in [3.8, 4) is 11.1 Å². The maximum absolute atomic E-state index is 13.0. The molecule has 4 rings (SSSR count). The van der Waals surface area contributed by atoms with E-state index in [1.165, 1.54) is 29.2 Å². The van der Waals surface area contributed by atoms with Gasteiger partial charge in [0.1, 0.15) is 11.9 Å². The monoisotopic (exact) mass is 461 g/mol. The van der Waals surface area contributed by atoms with Gasteiger partial charge >= 0.3 is 12.0 Å². The van der Waals surface area contributed by atoms with Crippen LogP contribution in [0.2, 0.25) is 0 Å². The smallest absolute Gasteiger partial charge is 0.326 e. The van der Waals surface area contributed by atoms with E-state index in [4.69, 9.17) is 0 Å². The molecule has 3 aromatic rings. The fraction of sp³-hybridized carbons (Fsp3) is 0.192. The topological polar surface area (TPSA) is 98.7 Å². The number of anilines is 2. The molecule has 8 heteroatoms. The molecule has 1 aliphatic heterocycles. The lowest BCUT2D eigenvalue weighted by atomic mass is 10.0. The van der Waals surface area contributed by atoms with Crippen LogP contribution in [-0.2, 0) is 11.3 Å². The van der Waals surface area contributed by atoms with Gasteiger partial charge in [0.25, 0.3) is 5.91 Å². The van der Waals surface area contributed by atoms with Gasteiger partial charge in [-0.2, -0.15) is 0 Å². The standard InChI is InChI=1S/C26H24FN3O4/c1-15(2)23(25(32)33)30-14-18-13-17(5-12-22(18)24(30)31)16-3-8-20(9-4-16)28-26(34)29-21-10-6-19(27)7-11-21/h3-13,15,23H,14H2,1-2H3,(H,32,33)(H2,28,29,34)/t23-/m0/s1. The second-order valence-corrected chi connectivity index (χ2v) is 8.50. The Balaban J connectivity index is 1.46. The van der Waals surface area contributed by atoms with Crippen molar-refractivity contribution in [2.75, 3.05) is 10.6 Å². The molecule has 174 valence electrons. The summed E-state index contributed by atoms with van der Waals surface area (Å²) in [5, 5.41) is 14.9. The van der Waals surface area contributed by atoms with E-state index in [-0.39, 0.29) is 24.2 Å². The zero-order chi connectivity index (χ0) is 24.4. The number of rotatable bonds is 6. The molecule has 7 nitrogen and oxygen atoms in total. The normalized spacial score (nSPS) is 13.5. The van der Waals surface area contributed by atoms with Crippen LogP contribution in [0.15, 0.2) is 66.7 Å². The van der Waals surface area contributed by atoms with Crippen LogP contribution in [-0.4, -0.2) is 34.0 Å². The molecule has 0 saturated carbocycles. The highest BCUT2D eigenvalue weighted by Crippen LogP contribution is 2.31. The molecule has 1 heterocycles. The fourth-order valence-electron chi connectivity index (χ4n) is 4.10. The van der Waals surface area contributed by atoms with Crippen molar-refractivity contribution in [2.45, 2.75) is 26.4 Å². The number of halogens is 1. The molecule has 0 unspecified atom stereocenters. The Morgan fingerprint density at radius 2 is 1.47 bits per heavy atom. The van der Waals surface area contributed by atoms with Gasteiger partial charge < -0.3 is 20.6 Å². The van der Waals surface area contributed by atoms with E-state index in [0.717, 1.165) is 16.7 Å². The van der Waals surface area contributed by atoms with Crippen LogP contribution in [0.25, 0.3) is 11.1 Å². The summed E-state index contributed by atoms with van der Waals surface area (Å²) in [5.41, 5.74) is 4.12. The van der Waals surface area contributed by atoms with Gasteiger partial charge in [0.2, 0.25) is 0 Å². The Morgan fingerprint density at radius 1 is 0.912 bits per heavy atom. The van der Waals surface area contributed by atoms with Crippen LogP contribution in [0.3, 0.4) is 0 Å². The summed E-state index contributed by atoms with van der Waals surface area (Å²) in [6.07, 6.45) is 0. The van der Waals surface area contributed by atoms with Gasteiger partial charge in [-0.1, -0.05) is 32.0 Å². The zero-order valence-corrected chi connectivity index (χ0v) is 18.7. The fourth-order valence-corrected chi connectivity index (χ4v) is 4.10. The number of aliphatic carboxylic acids is 1. The number of urea groups is 1. The predicted octanol–water partition coefficient (Wildman–Crippen LogP) is 5.20. The summed E-state index contributed by atoms with van der Waals surface area (Å²) in [6.45, 7) is 3.83. The van der Waals surface area contributed by atoms with E-state index in [1.807, 2.05) is 24.3 Å². The Morgan fingerprint density at radius 3 is 2.03 bits per heavy atom. The summed E-state index contributed by atoms with van der Waals surface area (Å²) >= 11 is 0. The summed E-state index contributed by atoms with van der Waals surface area (Å²) < 4.78 is 13.0. The highest BCUT2D eigenvalue weighted by Gasteiger charge is 2.38. The minimum Gasteiger partial charge on any atom is -0.480 e. The number of hydrogen-bond acceptors (Lipinski definition) is 3.